The molecule has 2 amide bonds. The minimum Gasteiger partial charge on any atom is -0.463 e. The van der Waals surface area contributed by atoms with Gasteiger partial charge in [-0.05, 0) is 43.7 Å². The van der Waals surface area contributed by atoms with Gasteiger partial charge in [0.15, 0.2) is 0 Å². The van der Waals surface area contributed by atoms with Crippen molar-refractivity contribution in [2.24, 2.45) is 11.8 Å². The molecule has 2 N–H and O–H groups in total. The zero-order chi connectivity index (χ0) is 28.5. The second-order valence-corrected chi connectivity index (χ2v) is 9.74. The molecule has 39 heavy (non-hydrogen) atoms. The Kier molecular flexibility index (Phi) is 14.3. The van der Waals surface area contributed by atoms with E-state index < -0.39 is 12.0 Å². The molecule has 210 valence electrons. The third kappa shape index (κ3) is 11.7. The van der Waals surface area contributed by atoms with Gasteiger partial charge in [-0.15, -0.1) is 13.2 Å². The van der Waals surface area contributed by atoms with E-state index in [-0.39, 0.29) is 49.9 Å². The number of aliphatic hydroxyl groups excluding tert-OH is 1. The summed E-state index contributed by atoms with van der Waals surface area (Å²) in [6, 6.07) is 18.9. The molecule has 0 spiro atoms. The van der Waals surface area contributed by atoms with Crippen LogP contribution in [0, 0.1) is 11.8 Å². The molecule has 0 bridgehead atoms. The first kappa shape index (κ1) is 31.5. The van der Waals surface area contributed by atoms with Crippen LogP contribution in [0.4, 0.5) is 0 Å². The van der Waals surface area contributed by atoms with E-state index in [4.69, 9.17) is 4.74 Å². The number of hydrogen-bond donors (Lipinski definition) is 2. The van der Waals surface area contributed by atoms with Crippen LogP contribution in [0.15, 0.2) is 86.0 Å². The van der Waals surface area contributed by atoms with Crippen LogP contribution in [0.3, 0.4) is 0 Å². The number of hydrogen-bond acceptors (Lipinski definition) is 5. The lowest BCUT2D eigenvalue weighted by Crippen LogP contribution is -2.42. The molecule has 0 aliphatic rings. The Morgan fingerprint density at radius 1 is 0.974 bits per heavy atom. The van der Waals surface area contributed by atoms with Gasteiger partial charge in [0.1, 0.15) is 6.61 Å². The van der Waals surface area contributed by atoms with Crippen LogP contribution in [-0.4, -0.2) is 53.6 Å². The summed E-state index contributed by atoms with van der Waals surface area (Å²) in [5, 5.41) is 12.3. The minimum atomic E-state index is -0.622. The molecule has 0 fully saturated rings. The number of aliphatic hydroxyl groups is 1. The van der Waals surface area contributed by atoms with E-state index >= 15 is 0 Å². The number of amides is 2. The van der Waals surface area contributed by atoms with E-state index in [0.29, 0.717) is 32.2 Å². The predicted molar refractivity (Wildman–Crippen MR) is 153 cm³/mol. The summed E-state index contributed by atoms with van der Waals surface area (Å²) in [7, 11) is 0. The third-order valence-electron chi connectivity index (χ3n) is 6.42. The smallest absolute Gasteiger partial charge is 0.309 e. The fourth-order valence-electron chi connectivity index (χ4n) is 4.29. The van der Waals surface area contributed by atoms with Crippen molar-refractivity contribution < 1.29 is 24.2 Å². The van der Waals surface area contributed by atoms with E-state index in [0.717, 1.165) is 11.1 Å². The molecule has 0 heterocycles. The Hall–Kier alpha value is -3.71. The average Bonchev–Trinajstić information content (AvgIpc) is 2.94. The van der Waals surface area contributed by atoms with E-state index in [1.54, 1.807) is 24.0 Å². The summed E-state index contributed by atoms with van der Waals surface area (Å²) in [6.45, 7) is 9.65. The van der Waals surface area contributed by atoms with Gasteiger partial charge in [-0.25, -0.2) is 0 Å². The number of nitrogens with one attached hydrogen (secondary N) is 1. The van der Waals surface area contributed by atoms with Gasteiger partial charge >= 0.3 is 5.97 Å². The normalized spacial score (nSPS) is 13.0. The highest BCUT2D eigenvalue weighted by Crippen LogP contribution is 2.18. The third-order valence-corrected chi connectivity index (χ3v) is 6.42. The van der Waals surface area contributed by atoms with Crippen LogP contribution in [-0.2, 0) is 32.1 Å². The predicted octanol–water partition coefficient (Wildman–Crippen LogP) is 4.46. The van der Waals surface area contributed by atoms with Gasteiger partial charge in [-0.2, -0.15) is 0 Å². The molecule has 0 aliphatic carbocycles. The number of allylic oxidation sites excluding steroid dienone is 2. The van der Waals surface area contributed by atoms with Gasteiger partial charge in [0, 0.05) is 19.5 Å². The molecule has 3 unspecified atom stereocenters. The van der Waals surface area contributed by atoms with Gasteiger partial charge in [0.05, 0.1) is 24.5 Å². The minimum absolute atomic E-state index is 0.0160. The van der Waals surface area contributed by atoms with Crippen molar-refractivity contribution in [1.29, 1.82) is 0 Å². The second-order valence-electron chi connectivity index (χ2n) is 9.74. The summed E-state index contributed by atoms with van der Waals surface area (Å²) < 4.78 is 5.58. The maximum atomic E-state index is 13.1. The highest BCUT2D eigenvalue weighted by Gasteiger charge is 2.26. The lowest BCUT2D eigenvalue weighted by molar-refractivity contribution is -0.150. The summed E-state index contributed by atoms with van der Waals surface area (Å²) in [5.74, 6) is -1.76. The number of carbonyl (C=O) groups is 3. The topological polar surface area (TPSA) is 95.9 Å². The van der Waals surface area contributed by atoms with Crippen molar-refractivity contribution in [3.05, 3.63) is 97.1 Å². The molecule has 7 heteroatoms. The van der Waals surface area contributed by atoms with Crippen molar-refractivity contribution in [2.45, 2.75) is 51.6 Å². The van der Waals surface area contributed by atoms with Gasteiger partial charge in [0.2, 0.25) is 11.8 Å². The standard InChI is InChI=1S/C32H42N2O5/c1-4-6-18-29(21-26-14-9-7-10-15-26)32(38)39-24-25(3)33-31(37)28(13-5-2)22-30(36)34(19-20-35)23-27-16-11-8-12-17-27/h4-5,7-12,14-17,25,28-29,35H,1-2,6,13,18-24H2,3H3,(H,33,37). The molecule has 0 radical (unpaired) electrons. The molecule has 0 aliphatic heterocycles. The number of benzene rings is 2. The van der Waals surface area contributed by atoms with Crippen molar-refractivity contribution in [1.82, 2.24) is 10.2 Å². The fourth-order valence-corrected chi connectivity index (χ4v) is 4.29. The molecular weight excluding hydrogens is 492 g/mol. The monoisotopic (exact) mass is 534 g/mol. The zero-order valence-electron chi connectivity index (χ0n) is 23.0. The molecule has 3 atom stereocenters. The molecular formula is C32H42N2O5. The first-order valence-corrected chi connectivity index (χ1v) is 13.5. The molecule has 0 aromatic heterocycles. The second kappa shape index (κ2) is 17.7. The van der Waals surface area contributed by atoms with Crippen molar-refractivity contribution in [3.8, 4) is 0 Å². The van der Waals surface area contributed by atoms with Crippen LogP contribution < -0.4 is 5.32 Å². The molecule has 2 aromatic rings. The maximum Gasteiger partial charge on any atom is 0.309 e. The summed E-state index contributed by atoms with van der Waals surface area (Å²) >= 11 is 0. The maximum absolute atomic E-state index is 13.1. The largest absolute Gasteiger partial charge is 0.463 e. The molecule has 7 nitrogen and oxygen atoms in total. The van der Waals surface area contributed by atoms with Gasteiger partial charge < -0.3 is 20.1 Å². The molecule has 0 saturated heterocycles. The van der Waals surface area contributed by atoms with Crippen molar-refractivity contribution in [3.63, 3.8) is 0 Å². The number of ether oxygens (including phenoxy) is 1. The first-order chi connectivity index (χ1) is 18.9. The van der Waals surface area contributed by atoms with Crippen LogP contribution in [0.2, 0.25) is 0 Å². The highest BCUT2D eigenvalue weighted by atomic mass is 16.5. The number of carbonyl (C=O) groups excluding carboxylic acids is 3. The Balaban J connectivity index is 1.93. The Morgan fingerprint density at radius 2 is 1.62 bits per heavy atom. The summed E-state index contributed by atoms with van der Waals surface area (Å²) in [5.41, 5.74) is 2.00. The number of nitrogens with zero attached hydrogens (tertiary/aromatic N) is 1. The highest BCUT2D eigenvalue weighted by molar-refractivity contribution is 5.86. The van der Waals surface area contributed by atoms with Crippen LogP contribution in [0.1, 0.15) is 43.7 Å². The van der Waals surface area contributed by atoms with Crippen LogP contribution >= 0.6 is 0 Å². The summed E-state index contributed by atoms with van der Waals surface area (Å²) in [6.07, 6.45) is 5.62. The molecule has 0 saturated carbocycles. The van der Waals surface area contributed by atoms with E-state index in [9.17, 15) is 19.5 Å². The Bertz CT molecular complexity index is 1040. The number of rotatable bonds is 18. The van der Waals surface area contributed by atoms with Crippen LogP contribution in [0.5, 0.6) is 0 Å². The molecule has 2 aromatic carbocycles. The van der Waals surface area contributed by atoms with Gasteiger partial charge in [0.25, 0.3) is 0 Å². The Morgan fingerprint density at radius 3 is 2.21 bits per heavy atom. The average molecular weight is 535 g/mol. The van der Waals surface area contributed by atoms with E-state index in [2.05, 4.69) is 18.5 Å². The summed E-state index contributed by atoms with van der Waals surface area (Å²) in [4.78, 5) is 40.5. The number of esters is 1. The van der Waals surface area contributed by atoms with Gasteiger partial charge in [-0.1, -0.05) is 72.8 Å². The SMILES string of the molecule is C=CCCC(Cc1ccccc1)C(=O)OCC(C)NC(=O)C(CC=C)CC(=O)N(CCO)Cc1ccccc1. The first-order valence-electron chi connectivity index (χ1n) is 13.5. The Labute approximate surface area is 232 Å². The quantitative estimate of drug-likeness (QED) is 0.217. The fraction of sp³-hybridized carbons (Fsp3) is 0.406. The van der Waals surface area contributed by atoms with Crippen LogP contribution in [0.25, 0.3) is 0 Å². The van der Waals surface area contributed by atoms with Crippen molar-refractivity contribution >= 4 is 17.8 Å². The van der Waals surface area contributed by atoms with E-state index in [1.165, 1.54) is 0 Å². The lowest BCUT2D eigenvalue weighted by atomic mass is 9.95. The van der Waals surface area contributed by atoms with E-state index in [1.807, 2.05) is 60.7 Å². The molecule has 2 rings (SSSR count). The lowest BCUT2D eigenvalue weighted by Gasteiger charge is -2.25. The van der Waals surface area contributed by atoms with Crippen molar-refractivity contribution in [2.75, 3.05) is 19.8 Å². The van der Waals surface area contributed by atoms with Gasteiger partial charge in [-0.3, -0.25) is 14.4 Å². The zero-order valence-corrected chi connectivity index (χ0v) is 23.0.